The number of halogens is 1. The van der Waals surface area contributed by atoms with Crippen LogP contribution in [0.3, 0.4) is 0 Å². The second kappa shape index (κ2) is 4.94. The fourth-order valence-electron chi connectivity index (χ4n) is 1.70. The first-order valence-corrected chi connectivity index (χ1v) is 6.33. The highest BCUT2D eigenvalue weighted by Gasteiger charge is 2.08. The molecule has 0 bridgehead atoms. The van der Waals surface area contributed by atoms with Crippen molar-refractivity contribution < 1.29 is 0 Å². The summed E-state index contributed by atoms with van der Waals surface area (Å²) < 4.78 is 2.25. The van der Waals surface area contributed by atoms with E-state index in [1.54, 1.807) is 13.8 Å². The van der Waals surface area contributed by atoms with Crippen LogP contribution in [0.1, 0.15) is 16.7 Å². The monoisotopic (exact) mass is 308 g/mol. The molecule has 0 fully saturated rings. The van der Waals surface area contributed by atoms with Crippen molar-refractivity contribution >= 4 is 15.9 Å². The van der Waals surface area contributed by atoms with E-state index in [4.69, 9.17) is 0 Å². The van der Waals surface area contributed by atoms with E-state index in [2.05, 4.69) is 21.0 Å². The number of H-pyrrole nitrogens is 1. The van der Waals surface area contributed by atoms with Gasteiger partial charge in [0.2, 0.25) is 0 Å². The zero-order valence-corrected chi connectivity index (χ0v) is 11.7. The smallest absolute Gasteiger partial charge is 0.268 e. The van der Waals surface area contributed by atoms with Gasteiger partial charge in [-0.15, -0.1) is 0 Å². The number of nitrogens with zero attached hydrogens (tertiary/aromatic N) is 1. The molecular formula is C13H13BrN2O2. The Morgan fingerprint density at radius 3 is 2.50 bits per heavy atom. The van der Waals surface area contributed by atoms with Crippen molar-refractivity contribution in [1.82, 2.24) is 9.78 Å². The van der Waals surface area contributed by atoms with Gasteiger partial charge < -0.3 is 0 Å². The second-order valence-electron chi connectivity index (χ2n) is 4.17. The van der Waals surface area contributed by atoms with Gasteiger partial charge in [-0.25, -0.2) is 4.68 Å². The minimum absolute atomic E-state index is 0.164. The average molecular weight is 309 g/mol. The van der Waals surface area contributed by atoms with Gasteiger partial charge in [0.1, 0.15) is 0 Å². The molecule has 1 aromatic heterocycles. The molecule has 1 N–H and O–H groups in total. The Balaban J connectivity index is 2.52. The molecule has 5 heteroatoms. The Kier molecular flexibility index (Phi) is 3.52. The number of hydrogen-bond donors (Lipinski definition) is 1. The molecule has 4 nitrogen and oxygen atoms in total. The Labute approximate surface area is 112 Å². The van der Waals surface area contributed by atoms with Crippen molar-refractivity contribution in [3.05, 3.63) is 66.1 Å². The first-order valence-electron chi connectivity index (χ1n) is 5.54. The van der Waals surface area contributed by atoms with Gasteiger partial charge in [-0.1, -0.05) is 34.1 Å². The lowest BCUT2D eigenvalue weighted by Crippen LogP contribution is -2.33. The highest BCUT2D eigenvalue weighted by molar-refractivity contribution is 9.10. The van der Waals surface area contributed by atoms with Gasteiger partial charge in [0.05, 0.1) is 6.54 Å². The van der Waals surface area contributed by atoms with E-state index < -0.39 is 0 Å². The Morgan fingerprint density at radius 1 is 1.17 bits per heavy atom. The number of nitrogens with one attached hydrogen (secondary N) is 1. The molecule has 18 heavy (non-hydrogen) atoms. The number of aromatic amines is 1. The normalized spacial score (nSPS) is 10.6. The summed E-state index contributed by atoms with van der Waals surface area (Å²) in [5, 5.41) is 2.59. The van der Waals surface area contributed by atoms with Crippen LogP contribution in [0.15, 0.2) is 38.3 Å². The van der Waals surface area contributed by atoms with Crippen LogP contribution in [-0.2, 0) is 6.54 Å². The van der Waals surface area contributed by atoms with Crippen LogP contribution in [0.4, 0.5) is 0 Å². The summed E-state index contributed by atoms with van der Waals surface area (Å²) in [6.45, 7) is 3.67. The average Bonchev–Trinajstić information content (AvgIpc) is 2.36. The largest absolute Gasteiger partial charge is 0.268 e. The van der Waals surface area contributed by atoms with Crippen LogP contribution in [0.25, 0.3) is 0 Å². The summed E-state index contributed by atoms with van der Waals surface area (Å²) in [6.07, 6.45) is 0. The highest BCUT2D eigenvalue weighted by atomic mass is 79.9. The number of aromatic nitrogens is 2. The van der Waals surface area contributed by atoms with Crippen LogP contribution in [0.5, 0.6) is 0 Å². The SMILES string of the molecule is Cc1c(C)c(=O)n(Cc2ccccc2Br)[nH]c1=O. The summed E-state index contributed by atoms with van der Waals surface area (Å²) in [6, 6.07) is 7.60. The molecule has 0 saturated carbocycles. The zero-order chi connectivity index (χ0) is 13.3. The van der Waals surface area contributed by atoms with Crippen molar-refractivity contribution in [3.8, 4) is 0 Å². The fourth-order valence-corrected chi connectivity index (χ4v) is 2.11. The molecule has 1 heterocycles. The Bertz CT molecular complexity index is 701. The third-order valence-electron chi connectivity index (χ3n) is 2.99. The second-order valence-corrected chi connectivity index (χ2v) is 5.03. The molecule has 0 saturated heterocycles. The molecule has 2 aromatic rings. The van der Waals surface area contributed by atoms with Crippen LogP contribution in [0.2, 0.25) is 0 Å². The van der Waals surface area contributed by atoms with Gasteiger partial charge in [0.25, 0.3) is 11.1 Å². The molecule has 0 unspecified atom stereocenters. The van der Waals surface area contributed by atoms with Crippen LogP contribution >= 0.6 is 15.9 Å². The van der Waals surface area contributed by atoms with Gasteiger partial charge in [0.15, 0.2) is 0 Å². The van der Waals surface area contributed by atoms with Crippen molar-refractivity contribution in [2.24, 2.45) is 0 Å². The maximum atomic E-state index is 12.0. The molecule has 0 aliphatic carbocycles. The molecule has 0 aliphatic rings. The summed E-state index contributed by atoms with van der Waals surface area (Å²) in [5.41, 5.74) is 1.52. The summed E-state index contributed by atoms with van der Waals surface area (Å²) in [7, 11) is 0. The van der Waals surface area contributed by atoms with Gasteiger partial charge in [-0.2, -0.15) is 0 Å². The van der Waals surface area contributed by atoms with Crippen LogP contribution in [-0.4, -0.2) is 9.78 Å². The van der Waals surface area contributed by atoms with Crippen molar-refractivity contribution in [2.45, 2.75) is 20.4 Å². The lowest BCUT2D eigenvalue weighted by atomic mass is 10.2. The van der Waals surface area contributed by atoms with Crippen molar-refractivity contribution in [1.29, 1.82) is 0 Å². The van der Waals surface area contributed by atoms with E-state index in [9.17, 15) is 9.59 Å². The van der Waals surface area contributed by atoms with E-state index in [1.165, 1.54) is 4.68 Å². The third-order valence-corrected chi connectivity index (χ3v) is 3.77. The number of benzene rings is 1. The summed E-state index contributed by atoms with van der Waals surface area (Å²) >= 11 is 3.42. The molecule has 94 valence electrons. The molecule has 0 atom stereocenters. The standard InChI is InChI=1S/C13H13BrN2O2/c1-8-9(2)13(18)16(15-12(8)17)7-10-5-3-4-6-11(10)14/h3-6H,7H2,1-2H3,(H,15,17). The molecule has 0 radical (unpaired) electrons. The molecule has 2 rings (SSSR count). The van der Waals surface area contributed by atoms with E-state index >= 15 is 0 Å². The highest BCUT2D eigenvalue weighted by Crippen LogP contribution is 2.15. The fraction of sp³-hybridized carbons (Fsp3) is 0.231. The molecule has 0 aliphatic heterocycles. The minimum Gasteiger partial charge on any atom is -0.268 e. The first-order chi connectivity index (χ1) is 8.50. The predicted molar refractivity (Wildman–Crippen MR) is 74.0 cm³/mol. The number of rotatable bonds is 2. The van der Waals surface area contributed by atoms with E-state index in [0.717, 1.165) is 10.0 Å². The third kappa shape index (κ3) is 2.31. The van der Waals surface area contributed by atoms with E-state index in [0.29, 0.717) is 17.7 Å². The van der Waals surface area contributed by atoms with Crippen molar-refractivity contribution in [3.63, 3.8) is 0 Å². The Morgan fingerprint density at radius 2 is 1.83 bits per heavy atom. The maximum Gasteiger partial charge on any atom is 0.268 e. The maximum absolute atomic E-state index is 12.0. The van der Waals surface area contributed by atoms with Gasteiger partial charge in [-0.05, 0) is 25.5 Å². The zero-order valence-electron chi connectivity index (χ0n) is 10.2. The lowest BCUT2D eigenvalue weighted by molar-refractivity contribution is 0.617. The van der Waals surface area contributed by atoms with Crippen LogP contribution < -0.4 is 11.1 Å². The molecule has 1 aromatic carbocycles. The van der Waals surface area contributed by atoms with Crippen LogP contribution in [0, 0.1) is 13.8 Å². The van der Waals surface area contributed by atoms with Crippen molar-refractivity contribution in [2.75, 3.05) is 0 Å². The van der Waals surface area contributed by atoms with Gasteiger partial charge in [-0.3, -0.25) is 14.7 Å². The summed E-state index contributed by atoms with van der Waals surface area (Å²) in [4.78, 5) is 23.7. The topological polar surface area (TPSA) is 54.9 Å². The van der Waals surface area contributed by atoms with Gasteiger partial charge in [0, 0.05) is 15.6 Å². The molecule has 0 amide bonds. The number of hydrogen-bond acceptors (Lipinski definition) is 2. The quantitative estimate of drug-likeness (QED) is 0.922. The summed E-state index contributed by atoms with van der Waals surface area (Å²) in [5.74, 6) is 0. The lowest BCUT2D eigenvalue weighted by Gasteiger charge is -2.09. The molecule has 0 spiro atoms. The molecular weight excluding hydrogens is 296 g/mol. The minimum atomic E-state index is -0.223. The van der Waals surface area contributed by atoms with E-state index in [1.807, 2.05) is 24.3 Å². The Hall–Kier alpha value is -1.62. The first kappa shape index (κ1) is 12.8. The van der Waals surface area contributed by atoms with Gasteiger partial charge >= 0.3 is 0 Å². The predicted octanol–water partition coefficient (Wildman–Crippen LogP) is 1.96. The van der Waals surface area contributed by atoms with E-state index in [-0.39, 0.29) is 11.1 Å².